The lowest BCUT2D eigenvalue weighted by Crippen LogP contribution is -2.42. The van der Waals surface area contributed by atoms with E-state index in [2.05, 4.69) is 5.32 Å². The summed E-state index contributed by atoms with van der Waals surface area (Å²) in [6.07, 6.45) is 3.33. The lowest BCUT2D eigenvalue weighted by atomic mass is 10.1. The SMILES string of the molecule is Cc1cc(C)cc(C(=O)NCC(=O)N2CCCCC2)c1. The molecule has 2 amide bonds. The molecule has 0 radical (unpaired) electrons. The molecule has 1 saturated heterocycles. The summed E-state index contributed by atoms with van der Waals surface area (Å²) < 4.78 is 0. The van der Waals surface area contributed by atoms with Gasteiger partial charge in [-0.25, -0.2) is 0 Å². The van der Waals surface area contributed by atoms with Crippen LogP contribution in [0.25, 0.3) is 0 Å². The molecule has 1 heterocycles. The van der Waals surface area contributed by atoms with Crippen molar-refractivity contribution in [2.24, 2.45) is 0 Å². The first kappa shape index (κ1) is 14.6. The Labute approximate surface area is 120 Å². The van der Waals surface area contributed by atoms with Gasteiger partial charge in [-0.05, 0) is 45.2 Å². The van der Waals surface area contributed by atoms with Crippen LogP contribution in [0.15, 0.2) is 18.2 Å². The third-order valence-corrected chi connectivity index (χ3v) is 3.59. The van der Waals surface area contributed by atoms with E-state index in [0.717, 1.165) is 37.1 Å². The van der Waals surface area contributed by atoms with E-state index in [0.29, 0.717) is 5.56 Å². The van der Waals surface area contributed by atoms with Gasteiger partial charge in [0.25, 0.3) is 5.91 Å². The fourth-order valence-electron chi connectivity index (χ4n) is 2.62. The Kier molecular flexibility index (Phi) is 4.77. The number of aryl methyl sites for hydroxylation is 2. The van der Waals surface area contributed by atoms with Gasteiger partial charge in [0.2, 0.25) is 5.91 Å². The number of likely N-dealkylation sites (tertiary alicyclic amines) is 1. The summed E-state index contributed by atoms with van der Waals surface area (Å²) in [5, 5.41) is 2.72. The maximum absolute atomic E-state index is 12.1. The first-order valence-corrected chi connectivity index (χ1v) is 7.20. The van der Waals surface area contributed by atoms with Crippen molar-refractivity contribution in [3.8, 4) is 0 Å². The summed E-state index contributed by atoms with van der Waals surface area (Å²) in [6.45, 7) is 5.65. The molecule has 1 aliphatic heterocycles. The molecule has 1 aromatic carbocycles. The zero-order valence-electron chi connectivity index (χ0n) is 12.2. The third-order valence-electron chi connectivity index (χ3n) is 3.59. The van der Waals surface area contributed by atoms with Crippen molar-refractivity contribution in [3.63, 3.8) is 0 Å². The van der Waals surface area contributed by atoms with Crippen LogP contribution in [0.2, 0.25) is 0 Å². The fraction of sp³-hybridized carbons (Fsp3) is 0.500. The summed E-state index contributed by atoms with van der Waals surface area (Å²) in [5.41, 5.74) is 2.73. The number of hydrogen-bond acceptors (Lipinski definition) is 2. The van der Waals surface area contributed by atoms with Gasteiger partial charge < -0.3 is 10.2 Å². The molecule has 1 aromatic rings. The standard InChI is InChI=1S/C16H22N2O2/c1-12-8-13(2)10-14(9-12)16(20)17-11-15(19)18-6-4-3-5-7-18/h8-10H,3-7,11H2,1-2H3,(H,17,20). The number of carbonyl (C=O) groups is 2. The molecule has 0 unspecified atom stereocenters. The van der Waals surface area contributed by atoms with Crippen molar-refractivity contribution in [2.75, 3.05) is 19.6 Å². The van der Waals surface area contributed by atoms with E-state index in [9.17, 15) is 9.59 Å². The minimum Gasteiger partial charge on any atom is -0.343 e. The number of nitrogens with one attached hydrogen (secondary N) is 1. The van der Waals surface area contributed by atoms with Gasteiger partial charge in [-0.2, -0.15) is 0 Å². The predicted molar refractivity (Wildman–Crippen MR) is 78.7 cm³/mol. The van der Waals surface area contributed by atoms with E-state index in [1.165, 1.54) is 6.42 Å². The highest BCUT2D eigenvalue weighted by molar-refractivity contribution is 5.96. The average Bonchev–Trinajstić information content (AvgIpc) is 2.44. The summed E-state index contributed by atoms with van der Waals surface area (Å²) >= 11 is 0. The number of benzene rings is 1. The Bertz CT molecular complexity index is 485. The number of carbonyl (C=O) groups excluding carboxylic acids is 2. The highest BCUT2D eigenvalue weighted by Gasteiger charge is 2.17. The monoisotopic (exact) mass is 274 g/mol. The Balaban J connectivity index is 1.89. The maximum Gasteiger partial charge on any atom is 0.251 e. The molecule has 1 aliphatic rings. The number of hydrogen-bond donors (Lipinski definition) is 1. The van der Waals surface area contributed by atoms with Crippen molar-refractivity contribution < 1.29 is 9.59 Å². The van der Waals surface area contributed by atoms with Crippen LogP contribution in [-0.2, 0) is 4.79 Å². The number of amides is 2. The lowest BCUT2D eigenvalue weighted by Gasteiger charge is -2.26. The molecule has 0 aromatic heterocycles. The highest BCUT2D eigenvalue weighted by atomic mass is 16.2. The smallest absolute Gasteiger partial charge is 0.251 e. The molecule has 1 N–H and O–H groups in total. The van der Waals surface area contributed by atoms with E-state index < -0.39 is 0 Å². The van der Waals surface area contributed by atoms with Gasteiger partial charge in [0.15, 0.2) is 0 Å². The van der Waals surface area contributed by atoms with Gasteiger partial charge in [-0.1, -0.05) is 17.2 Å². The van der Waals surface area contributed by atoms with Gasteiger partial charge in [0.05, 0.1) is 6.54 Å². The molecule has 2 rings (SSSR count). The van der Waals surface area contributed by atoms with Crippen LogP contribution >= 0.6 is 0 Å². The van der Waals surface area contributed by atoms with Crippen LogP contribution in [0.5, 0.6) is 0 Å². The van der Waals surface area contributed by atoms with Gasteiger partial charge in [-0.15, -0.1) is 0 Å². The van der Waals surface area contributed by atoms with Crippen LogP contribution in [0, 0.1) is 13.8 Å². The number of piperidine rings is 1. The summed E-state index contributed by atoms with van der Waals surface area (Å²) in [5.74, 6) is -0.162. The molecule has 1 fully saturated rings. The van der Waals surface area contributed by atoms with E-state index in [1.54, 1.807) is 0 Å². The van der Waals surface area contributed by atoms with Crippen molar-refractivity contribution in [1.82, 2.24) is 10.2 Å². The minimum absolute atomic E-state index is 0.0161. The first-order chi connectivity index (χ1) is 9.56. The zero-order chi connectivity index (χ0) is 14.5. The van der Waals surface area contributed by atoms with Crippen molar-refractivity contribution in [1.29, 1.82) is 0 Å². The number of nitrogens with zero attached hydrogens (tertiary/aromatic N) is 1. The van der Waals surface area contributed by atoms with E-state index in [1.807, 2.05) is 36.9 Å². The zero-order valence-corrected chi connectivity index (χ0v) is 12.2. The Morgan fingerprint density at radius 1 is 1.05 bits per heavy atom. The maximum atomic E-state index is 12.1. The first-order valence-electron chi connectivity index (χ1n) is 7.20. The van der Waals surface area contributed by atoms with Gasteiger partial charge in [-0.3, -0.25) is 9.59 Å². The van der Waals surface area contributed by atoms with Gasteiger partial charge >= 0.3 is 0 Å². The quantitative estimate of drug-likeness (QED) is 0.917. The van der Waals surface area contributed by atoms with E-state index in [-0.39, 0.29) is 18.4 Å². The molecule has 0 spiro atoms. The molecule has 0 atom stereocenters. The van der Waals surface area contributed by atoms with Gasteiger partial charge in [0, 0.05) is 18.7 Å². The second-order valence-electron chi connectivity index (χ2n) is 5.50. The second kappa shape index (κ2) is 6.55. The molecule has 4 nitrogen and oxygen atoms in total. The van der Waals surface area contributed by atoms with Gasteiger partial charge in [0.1, 0.15) is 0 Å². The van der Waals surface area contributed by atoms with Crippen LogP contribution in [0.3, 0.4) is 0 Å². The molecule has 108 valence electrons. The summed E-state index contributed by atoms with van der Waals surface area (Å²) in [6, 6.07) is 5.71. The Morgan fingerprint density at radius 2 is 1.65 bits per heavy atom. The lowest BCUT2D eigenvalue weighted by molar-refractivity contribution is -0.130. The van der Waals surface area contributed by atoms with Crippen molar-refractivity contribution >= 4 is 11.8 Å². The van der Waals surface area contributed by atoms with Crippen LogP contribution in [-0.4, -0.2) is 36.3 Å². The molecule has 0 saturated carbocycles. The molecular formula is C16H22N2O2. The largest absolute Gasteiger partial charge is 0.343 e. The molecule has 4 heteroatoms. The Hall–Kier alpha value is -1.84. The molecule has 20 heavy (non-hydrogen) atoms. The normalized spacial score (nSPS) is 15.0. The van der Waals surface area contributed by atoms with E-state index in [4.69, 9.17) is 0 Å². The van der Waals surface area contributed by atoms with E-state index >= 15 is 0 Å². The average molecular weight is 274 g/mol. The number of rotatable bonds is 3. The van der Waals surface area contributed by atoms with Crippen LogP contribution in [0.4, 0.5) is 0 Å². The topological polar surface area (TPSA) is 49.4 Å². The fourth-order valence-corrected chi connectivity index (χ4v) is 2.62. The van der Waals surface area contributed by atoms with Crippen molar-refractivity contribution in [2.45, 2.75) is 33.1 Å². The third kappa shape index (κ3) is 3.83. The molecular weight excluding hydrogens is 252 g/mol. The second-order valence-corrected chi connectivity index (χ2v) is 5.50. The highest BCUT2D eigenvalue weighted by Crippen LogP contribution is 2.10. The van der Waals surface area contributed by atoms with Crippen molar-refractivity contribution in [3.05, 3.63) is 34.9 Å². The summed E-state index contributed by atoms with van der Waals surface area (Å²) in [4.78, 5) is 25.9. The molecule has 0 aliphatic carbocycles. The van der Waals surface area contributed by atoms with Crippen LogP contribution in [0.1, 0.15) is 40.7 Å². The minimum atomic E-state index is -0.179. The molecule has 0 bridgehead atoms. The summed E-state index contributed by atoms with van der Waals surface area (Å²) in [7, 11) is 0. The van der Waals surface area contributed by atoms with Crippen LogP contribution < -0.4 is 5.32 Å². The Morgan fingerprint density at radius 3 is 2.25 bits per heavy atom. The predicted octanol–water partition coefficient (Wildman–Crippen LogP) is 2.05.